The Hall–Kier alpha value is -2.91. The number of nitrogens with two attached hydrogens (primary N) is 1. The summed E-state index contributed by atoms with van der Waals surface area (Å²) in [5.74, 6) is 0. The molecule has 1 aromatic heterocycles. The molecule has 2 amide bonds. The molecule has 0 aliphatic carbocycles. The van der Waals surface area contributed by atoms with Crippen molar-refractivity contribution in [2.75, 3.05) is 9.62 Å². The first kappa shape index (κ1) is 16.9. The fraction of sp³-hybridized carbons (Fsp3) is 0. The van der Waals surface area contributed by atoms with Gasteiger partial charge in [-0.05, 0) is 29.8 Å². The summed E-state index contributed by atoms with van der Waals surface area (Å²) in [6, 6.07) is 15.3. The molecule has 3 N–H and O–H groups in total. The van der Waals surface area contributed by atoms with E-state index in [9.17, 15) is 13.2 Å². The molecule has 128 valence electrons. The van der Waals surface area contributed by atoms with Crippen molar-refractivity contribution in [3.05, 3.63) is 60.8 Å². The van der Waals surface area contributed by atoms with Gasteiger partial charge >= 0.3 is 6.03 Å². The molecule has 1 heterocycles. The normalized spacial score (nSPS) is 10.6. The van der Waals surface area contributed by atoms with E-state index >= 15 is 0 Å². The largest absolute Gasteiger partial charge is 0.351 e. The summed E-state index contributed by atoms with van der Waals surface area (Å²) in [5.41, 5.74) is 7.39. The van der Waals surface area contributed by atoms with Gasteiger partial charge in [0.05, 0.1) is 10.6 Å². The van der Waals surface area contributed by atoms with Crippen molar-refractivity contribution in [3.63, 3.8) is 0 Å². The number of nitrogens with one attached hydrogen (secondary N) is 1. The van der Waals surface area contributed by atoms with Gasteiger partial charge in [0.1, 0.15) is 0 Å². The van der Waals surface area contributed by atoms with Crippen LogP contribution in [0.2, 0.25) is 0 Å². The van der Waals surface area contributed by atoms with E-state index in [1.807, 2.05) is 30.3 Å². The number of carbonyl (C=O) groups is 1. The predicted octanol–water partition coefficient (Wildman–Crippen LogP) is 2.97. The number of hydrogen-bond acceptors (Lipinski definition) is 5. The summed E-state index contributed by atoms with van der Waals surface area (Å²) in [4.78, 5) is 18.4. The summed E-state index contributed by atoms with van der Waals surface area (Å²) in [5, 5.41) is 0.432. The first-order valence-electron chi connectivity index (χ1n) is 7.16. The molecular formula is C16H14N4O3S2. The lowest BCUT2D eigenvalue weighted by atomic mass is 10.2. The van der Waals surface area contributed by atoms with E-state index in [-0.39, 0.29) is 0 Å². The van der Waals surface area contributed by atoms with E-state index < -0.39 is 16.9 Å². The Balaban J connectivity index is 1.92. The van der Waals surface area contributed by atoms with Crippen molar-refractivity contribution in [2.24, 2.45) is 5.73 Å². The van der Waals surface area contributed by atoms with Crippen LogP contribution < -0.4 is 15.4 Å². The van der Waals surface area contributed by atoms with E-state index in [0.717, 1.165) is 10.4 Å². The quantitative estimate of drug-likeness (QED) is 0.597. The smallest absolute Gasteiger partial charge is 0.325 e. The second-order valence-electron chi connectivity index (χ2n) is 4.96. The van der Waals surface area contributed by atoms with Crippen LogP contribution in [0.15, 0.2) is 60.8 Å². The number of primary amides is 1. The van der Waals surface area contributed by atoms with Gasteiger partial charge in [0.15, 0.2) is 5.13 Å². The molecule has 9 heteroatoms. The second kappa shape index (κ2) is 7.32. The van der Waals surface area contributed by atoms with Crippen molar-refractivity contribution < 1.29 is 13.2 Å². The molecule has 0 atom stereocenters. The number of hydrogen-bond donors (Lipinski definition) is 3. The number of anilines is 3. The van der Waals surface area contributed by atoms with Gasteiger partial charge in [0, 0.05) is 11.9 Å². The van der Waals surface area contributed by atoms with Crippen molar-refractivity contribution in [1.29, 1.82) is 0 Å². The molecule has 0 saturated carbocycles. The zero-order chi connectivity index (χ0) is 17.8. The molecule has 0 fully saturated rings. The standard InChI is InChI=1S/C16H14N4O3S2/c17-15(21)20(13-8-6-12(7-9-13)19-25(22)23)16-18-10-14(24-16)11-4-2-1-3-5-11/h1-10,25H,(H2,17,21)(H,19,22,23). The maximum Gasteiger partial charge on any atom is 0.325 e. The third kappa shape index (κ3) is 3.95. The molecule has 7 nitrogen and oxygen atoms in total. The van der Waals surface area contributed by atoms with E-state index in [1.54, 1.807) is 30.5 Å². The molecule has 3 rings (SSSR count). The number of carbonyl (C=O) groups excluding carboxylic acids is 1. The summed E-state index contributed by atoms with van der Waals surface area (Å²) in [6.45, 7) is 0. The lowest BCUT2D eigenvalue weighted by Crippen LogP contribution is -2.31. The molecule has 2 aromatic carbocycles. The van der Waals surface area contributed by atoms with Gasteiger partial charge in [0.25, 0.3) is 0 Å². The van der Waals surface area contributed by atoms with Gasteiger partial charge in [-0.2, -0.15) is 0 Å². The first-order valence-corrected chi connectivity index (χ1v) is 9.16. The average Bonchev–Trinajstić information content (AvgIpc) is 3.06. The molecular weight excluding hydrogens is 360 g/mol. The van der Waals surface area contributed by atoms with Gasteiger partial charge in [-0.3, -0.25) is 4.72 Å². The van der Waals surface area contributed by atoms with E-state index in [0.29, 0.717) is 16.5 Å². The van der Waals surface area contributed by atoms with Gasteiger partial charge in [-0.15, -0.1) is 0 Å². The molecule has 25 heavy (non-hydrogen) atoms. The molecule has 3 aromatic rings. The Kier molecular flexibility index (Phi) is 4.96. The lowest BCUT2D eigenvalue weighted by Gasteiger charge is -2.17. The van der Waals surface area contributed by atoms with E-state index in [2.05, 4.69) is 9.71 Å². The highest BCUT2D eigenvalue weighted by Crippen LogP contribution is 2.34. The van der Waals surface area contributed by atoms with Gasteiger partial charge in [0.2, 0.25) is 10.9 Å². The minimum absolute atomic E-state index is 0.397. The zero-order valence-electron chi connectivity index (χ0n) is 12.8. The van der Waals surface area contributed by atoms with Crippen LogP contribution in [0.25, 0.3) is 10.4 Å². The Morgan fingerprint density at radius 2 is 1.76 bits per heavy atom. The monoisotopic (exact) mass is 374 g/mol. The molecule has 0 radical (unpaired) electrons. The van der Waals surface area contributed by atoms with Crippen molar-refractivity contribution >= 4 is 44.8 Å². The maximum atomic E-state index is 11.9. The molecule has 0 aliphatic heterocycles. The van der Waals surface area contributed by atoms with Crippen LogP contribution in [-0.2, 0) is 10.9 Å². The maximum absolute atomic E-state index is 11.9. The Labute approximate surface area is 149 Å². The first-order chi connectivity index (χ1) is 12.0. The number of nitrogens with zero attached hydrogens (tertiary/aromatic N) is 2. The van der Waals surface area contributed by atoms with Crippen molar-refractivity contribution in [3.8, 4) is 10.4 Å². The summed E-state index contributed by atoms with van der Waals surface area (Å²) in [7, 11) is -2.75. The third-order valence-corrected chi connectivity index (χ3v) is 4.78. The molecule has 0 unspecified atom stereocenters. The number of benzene rings is 2. The van der Waals surface area contributed by atoms with Crippen LogP contribution in [0.3, 0.4) is 0 Å². The molecule has 0 bridgehead atoms. The lowest BCUT2D eigenvalue weighted by molar-refractivity contribution is 0.256. The van der Waals surface area contributed by atoms with E-state index in [1.165, 1.54) is 16.2 Å². The topological polar surface area (TPSA) is 105 Å². The molecule has 0 spiro atoms. The number of thiazole rings is 1. The average molecular weight is 374 g/mol. The van der Waals surface area contributed by atoms with Crippen LogP contribution >= 0.6 is 11.3 Å². The fourth-order valence-electron chi connectivity index (χ4n) is 2.23. The van der Waals surface area contributed by atoms with Crippen LogP contribution in [0.4, 0.5) is 21.3 Å². The minimum Gasteiger partial charge on any atom is -0.351 e. The van der Waals surface area contributed by atoms with Crippen LogP contribution in [-0.4, -0.2) is 19.4 Å². The number of thiol groups is 1. The van der Waals surface area contributed by atoms with E-state index in [4.69, 9.17) is 5.73 Å². The molecule has 0 aliphatic rings. The second-order valence-corrected chi connectivity index (χ2v) is 6.71. The Morgan fingerprint density at radius 1 is 1.08 bits per heavy atom. The number of rotatable bonds is 5. The summed E-state index contributed by atoms with van der Waals surface area (Å²) in [6.07, 6.45) is 1.68. The predicted molar refractivity (Wildman–Crippen MR) is 99.7 cm³/mol. The van der Waals surface area contributed by atoms with Gasteiger partial charge in [-0.25, -0.2) is 23.1 Å². The minimum atomic E-state index is -2.75. The number of urea groups is 1. The number of aromatic nitrogens is 1. The van der Waals surface area contributed by atoms with Gasteiger partial charge < -0.3 is 5.73 Å². The summed E-state index contributed by atoms with van der Waals surface area (Å²) >= 11 is 1.33. The van der Waals surface area contributed by atoms with Crippen LogP contribution in [0.5, 0.6) is 0 Å². The highest BCUT2D eigenvalue weighted by Gasteiger charge is 2.19. The Bertz CT molecular complexity index is 945. The summed E-state index contributed by atoms with van der Waals surface area (Å²) < 4.78 is 23.6. The van der Waals surface area contributed by atoms with Crippen molar-refractivity contribution in [2.45, 2.75) is 0 Å². The molecule has 0 saturated heterocycles. The van der Waals surface area contributed by atoms with Crippen molar-refractivity contribution in [1.82, 2.24) is 4.98 Å². The fourth-order valence-corrected chi connectivity index (χ4v) is 3.53. The highest BCUT2D eigenvalue weighted by atomic mass is 32.2. The zero-order valence-corrected chi connectivity index (χ0v) is 14.5. The van der Waals surface area contributed by atoms with Gasteiger partial charge in [-0.1, -0.05) is 41.7 Å². The highest BCUT2D eigenvalue weighted by molar-refractivity contribution is 7.73. The SMILES string of the molecule is NC(=O)N(c1ccc(N[SH](=O)=O)cc1)c1ncc(-c2ccccc2)s1. The Morgan fingerprint density at radius 3 is 2.36 bits per heavy atom. The third-order valence-electron chi connectivity index (χ3n) is 3.31. The number of amides is 2. The van der Waals surface area contributed by atoms with Crippen LogP contribution in [0, 0.1) is 0 Å². The van der Waals surface area contributed by atoms with Crippen LogP contribution in [0.1, 0.15) is 0 Å².